The maximum Gasteiger partial charge on any atom is 0.125 e. The van der Waals surface area contributed by atoms with Gasteiger partial charge in [0.25, 0.3) is 0 Å². The molecule has 1 N–H and O–H groups in total. The van der Waals surface area contributed by atoms with Crippen molar-refractivity contribution in [3.05, 3.63) is 30.1 Å². The Morgan fingerprint density at radius 3 is 2.80 bits per heavy atom. The monoisotopic (exact) mass is 279 g/mol. The summed E-state index contributed by atoms with van der Waals surface area (Å²) < 4.78 is 13.0. The third kappa shape index (κ3) is 5.10. The van der Waals surface area contributed by atoms with Crippen molar-refractivity contribution in [3.8, 4) is 0 Å². The van der Waals surface area contributed by atoms with Crippen molar-refractivity contribution in [3.63, 3.8) is 0 Å². The lowest BCUT2D eigenvalue weighted by Gasteiger charge is -2.31. The van der Waals surface area contributed by atoms with Gasteiger partial charge in [-0.25, -0.2) is 4.39 Å². The van der Waals surface area contributed by atoms with Gasteiger partial charge in [-0.2, -0.15) is 0 Å². The van der Waals surface area contributed by atoms with E-state index in [1.807, 2.05) is 6.07 Å². The first-order chi connectivity index (χ1) is 9.63. The maximum atomic E-state index is 13.0. The number of hydrogen-bond donors (Lipinski definition) is 1. The lowest BCUT2D eigenvalue weighted by Crippen LogP contribution is -2.37. The van der Waals surface area contributed by atoms with E-state index < -0.39 is 0 Å². The molecule has 0 spiro atoms. The van der Waals surface area contributed by atoms with Crippen LogP contribution >= 0.6 is 0 Å². The normalized spacial score (nSPS) is 17.6. The molecule has 0 unspecified atom stereocenters. The number of piperidine rings is 1. The van der Waals surface area contributed by atoms with Crippen LogP contribution in [0.2, 0.25) is 0 Å². The first kappa shape index (κ1) is 15.3. The predicted octanol–water partition coefficient (Wildman–Crippen LogP) is 2.51. The molecule has 3 nitrogen and oxygen atoms in total. The van der Waals surface area contributed by atoms with Gasteiger partial charge in [0.2, 0.25) is 0 Å². The summed E-state index contributed by atoms with van der Waals surface area (Å²) >= 11 is 0. The van der Waals surface area contributed by atoms with Crippen LogP contribution in [0.25, 0.3) is 0 Å². The van der Waals surface area contributed by atoms with Gasteiger partial charge in [-0.3, -0.25) is 0 Å². The van der Waals surface area contributed by atoms with E-state index in [0.717, 1.165) is 24.7 Å². The average molecular weight is 279 g/mol. The topological polar surface area (TPSA) is 18.5 Å². The van der Waals surface area contributed by atoms with Crippen LogP contribution < -0.4 is 5.32 Å². The molecule has 0 atom stereocenters. The molecule has 0 aromatic heterocycles. The van der Waals surface area contributed by atoms with Crippen LogP contribution in [0, 0.1) is 11.7 Å². The van der Waals surface area contributed by atoms with Crippen molar-refractivity contribution in [2.24, 2.45) is 5.92 Å². The number of anilines is 1. The van der Waals surface area contributed by atoms with Crippen LogP contribution in [0.5, 0.6) is 0 Å². The second-order valence-electron chi connectivity index (χ2n) is 5.95. The Bertz CT molecular complexity index is 402. The van der Waals surface area contributed by atoms with E-state index in [9.17, 15) is 4.39 Å². The zero-order valence-corrected chi connectivity index (χ0v) is 12.6. The highest BCUT2D eigenvalue weighted by atomic mass is 19.1. The molecule has 4 heteroatoms. The van der Waals surface area contributed by atoms with E-state index in [1.165, 1.54) is 44.6 Å². The Kier molecular flexibility index (Phi) is 5.80. The molecule has 1 aliphatic rings. The Balaban J connectivity index is 1.64. The summed E-state index contributed by atoms with van der Waals surface area (Å²) in [7, 11) is 4.37. The fourth-order valence-electron chi connectivity index (χ4n) is 2.77. The zero-order chi connectivity index (χ0) is 14.4. The lowest BCUT2D eigenvalue weighted by atomic mass is 9.97. The van der Waals surface area contributed by atoms with Gasteiger partial charge in [0.05, 0.1) is 0 Å². The van der Waals surface area contributed by atoms with Gasteiger partial charge in [0, 0.05) is 25.3 Å². The molecule has 1 heterocycles. The summed E-state index contributed by atoms with van der Waals surface area (Å²) in [5, 5.41) is 3.27. The summed E-state index contributed by atoms with van der Waals surface area (Å²) in [4.78, 5) is 4.78. The second kappa shape index (κ2) is 7.60. The Morgan fingerprint density at radius 1 is 1.35 bits per heavy atom. The van der Waals surface area contributed by atoms with Crippen LogP contribution in [0.3, 0.4) is 0 Å². The van der Waals surface area contributed by atoms with Gasteiger partial charge >= 0.3 is 0 Å². The highest BCUT2D eigenvalue weighted by molar-refractivity contribution is 5.42. The first-order valence-corrected chi connectivity index (χ1v) is 7.50. The average Bonchev–Trinajstić information content (AvgIpc) is 2.41. The van der Waals surface area contributed by atoms with E-state index >= 15 is 0 Å². The van der Waals surface area contributed by atoms with E-state index in [1.54, 1.807) is 6.07 Å². The summed E-state index contributed by atoms with van der Waals surface area (Å²) in [5.74, 6) is 0.639. The van der Waals surface area contributed by atoms with Gasteiger partial charge in [-0.15, -0.1) is 0 Å². The Morgan fingerprint density at radius 2 is 2.10 bits per heavy atom. The summed E-state index contributed by atoms with van der Waals surface area (Å²) in [6, 6.07) is 6.65. The SMILES string of the molecule is CN1CCC(CN(C)CCNc2cccc(F)c2)CC1. The van der Waals surface area contributed by atoms with Crippen LogP contribution in [-0.4, -0.2) is 56.6 Å². The minimum atomic E-state index is -0.185. The van der Waals surface area contributed by atoms with E-state index in [4.69, 9.17) is 0 Å². The number of nitrogens with zero attached hydrogens (tertiary/aromatic N) is 2. The molecule has 2 rings (SSSR count). The number of benzene rings is 1. The maximum absolute atomic E-state index is 13.0. The van der Waals surface area contributed by atoms with Crippen LogP contribution in [0.4, 0.5) is 10.1 Å². The number of hydrogen-bond acceptors (Lipinski definition) is 3. The van der Waals surface area contributed by atoms with Gasteiger partial charge in [0.15, 0.2) is 0 Å². The Labute approximate surface area is 121 Å². The fraction of sp³-hybridized carbons (Fsp3) is 0.625. The van der Waals surface area contributed by atoms with Crippen molar-refractivity contribution in [2.45, 2.75) is 12.8 Å². The van der Waals surface area contributed by atoms with Gasteiger partial charge in [-0.1, -0.05) is 6.07 Å². The molecule has 0 radical (unpaired) electrons. The van der Waals surface area contributed by atoms with Crippen molar-refractivity contribution in [1.82, 2.24) is 9.80 Å². The Hall–Kier alpha value is -1.13. The van der Waals surface area contributed by atoms with Crippen LogP contribution in [-0.2, 0) is 0 Å². The van der Waals surface area contributed by atoms with Crippen molar-refractivity contribution < 1.29 is 4.39 Å². The number of rotatable bonds is 6. The molecule has 1 saturated heterocycles. The summed E-state index contributed by atoms with van der Waals surface area (Å²) in [6.07, 6.45) is 2.61. The minimum absolute atomic E-state index is 0.185. The van der Waals surface area contributed by atoms with E-state index in [2.05, 4.69) is 29.2 Å². The second-order valence-corrected chi connectivity index (χ2v) is 5.95. The van der Waals surface area contributed by atoms with Gasteiger partial charge < -0.3 is 15.1 Å². The van der Waals surface area contributed by atoms with E-state index in [0.29, 0.717) is 0 Å². The first-order valence-electron chi connectivity index (χ1n) is 7.50. The van der Waals surface area contributed by atoms with Crippen LogP contribution in [0.15, 0.2) is 24.3 Å². The molecule has 1 aliphatic heterocycles. The molecule has 0 bridgehead atoms. The van der Waals surface area contributed by atoms with Crippen molar-refractivity contribution in [1.29, 1.82) is 0 Å². The van der Waals surface area contributed by atoms with E-state index in [-0.39, 0.29) is 5.82 Å². The zero-order valence-electron chi connectivity index (χ0n) is 12.6. The fourth-order valence-corrected chi connectivity index (χ4v) is 2.77. The highest BCUT2D eigenvalue weighted by Crippen LogP contribution is 2.16. The molecular formula is C16H26FN3. The number of halogens is 1. The van der Waals surface area contributed by atoms with Crippen molar-refractivity contribution >= 4 is 5.69 Å². The summed E-state index contributed by atoms with van der Waals surface area (Å²) in [6.45, 7) is 5.45. The standard InChI is InChI=1S/C16H26FN3/c1-19-9-6-14(7-10-19)13-20(2)11-8-18-16-5-3-4-15(17)12-16/h3-5,12,14,18H,6-11,13H2,1-2H3. The molecule has 1 fully saturated rings. The highest BCUT2D eigenvalue weighted by Gasteiger charge is 2.17. The molecule has 0 saturated carbocycles. The van der Waals surface area contributed by atoms with Crippen LogP contribution in [0.1, 0.15) is 12.8 Å². The minimum Gasteiger partial charge on any atom is -0.384 e. The number of likely N-dealkylation sites (N-methyl/N-ethyl adjacent to an activating group) is 1. The molecular weight excluding hydrogens is 253 g/mol. The summed E-state index contributed by atoms with van der Waals surface area (Å²) in [5.41, 5.74) is 0.859. The number of likely N-dealkylation sites (tertiary alicyclic amines) is 1. The van der Waals surface area contributed by atoms with Gasteiger partial charge in [0.1, 0.15) is 5.82 Å². The molecule has 0 aliphatic carbocycles. The molecule has 1 aromatic carbocycles. The third-order valence-corrected chi connectivity index (χ3v) is 4.06. The van der Waals surface area contributed by atoms with Crippen molar-refractivity contribution in [2.75, 3.05) is 52.1 Å². The quantitative estimate of drug-likeness (QED) is 0.863. The molecule has 112 valence electrons. The molecule has 0 amide bonds. The third-order valence-electron chi connectivity index (χ3n) is 4.06. The largest absolute Gasteiger partial charge is 0.384 e. The molecule has 1 aromatic rings. The van der Waals surface area contributed by atoms with Gasteiger partial charge in [-0.05, 0) is 64.1 Å². The molecule has 20 heavy (non-hydrogen) atoms. The predicted molar refractivity (Wildman–Crippen MR) is 82.6 cm³/mol. The number of nitrogens with one attached hydrogen (secondary N) is 1. The smallest absolute Gasteiger partial charge is 0.125 e. The lowest BCUT2D eigenvalue weighted by molar-refractivity contribution is 0.178.